The van der Waals surface area contributed by atoms with Crippen LogP contribution in [0.4, 0.5) is 0 Å². The van der Waals surface area contributed by atoms with Gasteiger partial charge in [0.25, 0.3) is 0 Å². The van der Waals surface area contributed by atoms with Crippen LogP contribution in [-0.4, -0.2) is 0 Å². The van der Waals surface area contributed by atoms with Crippen molar-refractivity contribution in [2.75, 3.05) is 0 Å². The summed E-state index contributed by atoms with van der Waals surface area (Å²) in [5.74, 6) is 0. The predicted octanol–water partition coefficient (Wildman–Crippen LogP) is 7.00. The van der Waals surface area contributed by atoms with Crippen molar-refractivity contribution in [2.45, 2.75) is 10.8 Å². The summed E-state index contributed by atoms with van der Waals surface area (Å²) in [6.45, 7) is 0. The maximum absolute atomic E-state index is 7.33. The summed E-state index contributed by atoms with van der Waals surface area (Å²) >= 11 is 7.33. The van der Waals surface area contributed by atoms with E-state index in [9.17, 15) is 0 Å². The van der Waals surface area contributed by atoms with E-state index in [-0.39, 0.29) is 5.38 Å². The van der Waals surface area contributed by atoms with Gasteiger partial charge in [-0.15, -0.1) is 11.6 Å². The molecule has 0 fully saturated rings. The van der Waals surface area contributed by atoms with E-state index in [2.05, 4.69) is 115 Å². The van der Waals surface area contributed by atoms with Crippen LogP contribution < -0.4 is 0 Å². The van der Waals surface area contributed by atoms with Gasteiger partial charge in [0.2, 0.25) is 0 Å². The third-order valence-corrected chi connectivity index (χ3v) is 5.74. The molecule has 4 aromatic rings. The van der Waals surface area contributed by atoms with E-state index in [1.54, 1.807) is 0 Å². The first kappa shape index (κ1) is 17.6. The molecule has 0 aliphatic heterocycles. The van der Waals surface area contributed by atoms with Crippen molar-refractivity contribution in [1.29, 1.82) is 0 Å². The first-order valence-corrected chi connectivity index (χ1v) is 9.62. The molecule has 0 aliphatic rings. The van der Waals surface area contributed by atoms with Crippen molar-refractivity contribution >= 4 is 11.6 Å². The number of alkyl halides is 1. The van der Waals surface area contributed by atoms with Gasteiger partial charge in [0.05, 0.1) is 10.8 Å². The number of hydrogen-bond donors (Lipinski definition) is 0. The molecule has 0 spiro atoms. The van der Waals surface area contributed by atoms with Crippen LogP contribution in [0.2, 0.25) is 0 Å². The van der Waals surface area contributed by atoms with Crippen LogP contribution in [0.1, 0.15) is 27.6 Å². The van der Waals surface area contributed by atoms with Crippen molar-refractivity contribution in [2.24, 2.45) is 0 Å². The zero-order valence-electron chi connectivity index (χ0n) is 15.0. The van der Waals surface area contributed by atoms with Crippen LogP contribution in [0, 0.1) is 0 Å². The minimum atomic E-state index is -0.493. The van der Waals surface area contributed by atoms with Gasteiger partial charge in [-0.3, -0.25) is 0 Å². The van der Waals surface area contributed by atoms with Crippen molar-refractivity contribution < 1.29 is 0 Å². The summed E-state index contributed by atoms with van der Waals surface area (Å²) in [4.78, 5) is 0. The van der Waals surface area contributed by atoms with Gasteiger partial charge in [-0.2, -0.15) is 0 Å². The molecule has 0 heterocycles. The highest BCUT2D eigenvalue weighted by molar-refractivity contribution is 6.22. The maximum Gasteiger partial charge on any atom is 0.0763 e. The Morgan fingerprint density at radius 2 is 0.741 bits per heavy atom. The second-order valence-electron chi connectivity index (χ2n) is 6.68. The fourth-order valence-electron chi connectivity index (χ4n) is 3.91. The lowest BCUT2D eigenvalue weighted by molar-refractivity contribution is 0.592. The van der Waals surface area contributed by atoms with E-state index in [0.29, 0.717) is 0 Å². The molecule has 0 amide bonds. The molecule has 0 N–H and O–H groups in total. The molecule has 0 saturated heterocycles. The van der Waals surface area contributed by atoms with Crippen LogP contribution in [0.25, 0.3) is 0 Å². The minimum absolute atomic E-state index is 0.258. The van der Waals surface area contributed by atoms with E-state index in [0.717, 1.165) is 5.56 Å². The van der Waals surface area contributed by atoms with Gasteiger partial charge in [0, 0.05) is 0 Å². The van der Waals surface area contributed by atoms with E-state index in [1.165, 1.54) is 16.7 Å². The minimum Gasteiger partial charge on any atom is -0.116 e. The van der Waals surface area contributed by atoms with E-state index >= 15 is 0 Å². The highest BCUT2D eigenvalue weighted by Gasteiger charge is 2.43. The summed E-state index contributed by atoms with van der Waals surface area (Å²) in [7, 11) is 0. The Bertz CT molecular complexity index is 867. The fourth-order valence-corrected chi connectivity index (χ4v) is 4.44. The van der Waals surface area contributed by atoms with E-state index < -0.39 is 5.41 Å². The molecular weight excluding hydrogens is 348 g/mol. The molecule has 4 aromatic carbocycles. The first-order chi connectivity index (χ1) is 13.3. The van der Waals surface area contributed by atoms with Gasteiger partial charge in [-0.1, -0.05) is 121 Å². The molecule has 0 aliphatic carbocycles. The Kier molecular flexibility index (Phi) is 5.09. The average Bonchev–Trinajstić information content (AvgIpc) is 2.77. The summed E-state index contributed by atoms with van der Waals surface area (Å²) in [6, 6.07) is 42.1. The van der Waals surface area contributed by atoms with Crippen LogP contribution in [0.5, 0.6) is 0 Å². The molecule has 0 nitrogen and oxygen atoms in total. The van der Waals surface area contributed by atoms with Gasteiger partial charge in [-0.05, 0) is 22.3 Å². The topological polar surface area (TPSA) is 0 Å². The van der Waals surface area contributed by atoms with Gasteiger partial charge in [0.15, 0.2) is 0 Å². The molecule has 0 saturated carbocycles. The second kappa shape index (κ2) is 7.82. The zero-order valence-corrected chi connectivity index (χ0v) is 15.8. The van der Waals surface area contributed by atoms with Gasteiger partial charge < -0.3 is 0 Å². The van der Waals surface area contributed by atoms with Crippen molar-refractivity contribution in [3.63, 3.8) is 0 Å². The summed E-state index contributed by atoms with van der Waals surface area (Å²) in [5.41, 5.74) is 4.17. The number of rotatable bonds is 5. The average molecular weight is 369 g/mol. The molecule has 0 bridgehead atoms. The van der Waals surface area contributed by atoms with Crippen LogP contribution >= 0.6 is 11.6 Å². The molecule has 1 atom stereocenters. The Morgan fingerprint density at radius 1 is 0.444 bits per heavy atom. The standard InChI is InChI=1S/C26H21Cl/c27-25(21-13-5-1-6-14-21)26(22-15-7-2-8-16-22,23-17-9-3-10-18-23)24-19-11-4-12-20-24/h1-20,25H. The highest BCUT2D eigenvalue weighted by Crippen LogP contribution is 2.51. The highest BCUT2D eigenvalue weighted by atomic mass is 35.5. The van der Waals surface area contributed by atoms with Gasteiger partial charge in [-0.25, -0.2) is 0 Å². The SMILES string of the molecule is ClC(c1ccccc1)C(c1ccccc1)(c1ccccc1)c1ccccc1. The molecule has 1 heteroatoms. The Hall–Kier alpha value is -2.83. The largest absolute Gasteiger partial charge is 0.116 e. The molecular formula is C26H21Cl. The molecule has 132 valence electrons. The number of hydrogen-bond acceptors (Lipinski definition) is 0. The number of halogens is 1. The lowest BCUT2D eigenvalue weighted by Crippen LogP contribution is -2.34. The Labute approximate surface area is 166 Å². The first-order valence-electron chi connectivity index (χ1n) is 9.19. The number of benzene rings is 4. The third kappa shape index (κ3) is 3.18. The summed E-state index contributed by atoms with van der Waals surface area (Å²) in [6.07, 6.45) is 0. The lowest BCUT2D eigenvalue weighted by atomic mass is 9.65. The predicted molar refractivity (Wildman–Crippen MR) is 114 cm³/mol. The monoisotopic (exact) mass is 368 g/mol. The molecule has 1 unspecified atom stereocenters. The van der Waals surface area contributed by atoms with Crippen molar-refractivity contribution in [3.05, 3.63) is 144 Å². The van der Waals surface area contributed by atoms with Gasteiger partial charge >= 0.3 is 0 Å². The molecule has 0 aromatic heterocycles. The normalized spacial score (nSPS) is 12.5. The van der Waals surface area contributed by atoms with Crippen LogP contribution in [-0.2, 0) is 5.41 Å². The third-order valence-electron chi connectivity index (χ3n) is 5.16. The summed E-state index contributed by atoms with van der Waals surface area (Å²) < 4.78 is 0. The fraction of sp³-hybridized carbons (Fsp3) is 0.0769. The van der Waals surface area contributed by atoms with E-state index in [1.807, 2.05) is 6.07 Å². The molecule has 27 heavy (non-hydrogen) atoms. The lowest BCUT2D eigenvalue weighted by Gasteiger charge is -2.40. The second-order valence-corrected chi connectivity index (χ2v) is 7.12. The van der Waals surface area contributed by atoms with Gasteiger partial charge in [0.1, 0.15) is 0 Å². The molecule has 0 radical (unpaired) electrons. The van der Waals surface area contributed by atoms with Crippen LogP contribution in [0.15, 0.2) is 121 Å². The smallest absolute Gasteiger partial charge is 0.0763 e. The molecule has 4 rings (SSSR count). The quantitative estimate of drug-likeness (QED) is 0.263. The summed E-state index contributed by atoms with van der Waals surface area (Å²) in [5, 5.41) is -0.258. The van der Waals surface area contributed by atoms with E-state index in [4.69, 9.17) is 11.6 Å². The maximum atomic E-state index is 7.33. The van der Waals surface area contributed by atoms with Crippen molar-refractivity contribution in [3.8, 4) is 0 Å². The Morgan fingerprint density at radius 3 is 1.07 bits per heavy atom. The Balaban J connectivity index is 2.07. The van der Waals surface area contributed by atoms with Crippen molar-refractivity contribution in [1.82, 2.24) is 0 Å². The van der Waals surface area contributed by atoms with Crippen LogP contribution in [0.3, 0.4) is 0 Å². The zero-order chi connectivity index (χ0) is 18.5.